The first kappa shape index (κ1) is 31.3. The summed E-state index contributed by atoms with van der Waals surface area (Å²) in [7, 11) is 0. The van der Waals surface area contributed by atoms with Crippen LogP contribution < -0.4 is 20.3 Å². The average Bonchev–Trinajstić information content (AvgIpc) is 3.45. The smallest absolute Gasteiger partial charge is 0.261 e. The highest BCUT2D eigenvalue weighted by molar-refractivity contribution is 5.99. The molecule has 0 saturated carbocycles. The molecule has 0 bridgehead atoms. The molecule has 7 nitrogen and oxygen atoms in total. The van der Waals surface area contributed by atoms with Crippen LogP contribution in [0.2, 0.25) is 0 Å². The zero-order chi connectivity index (χ0) is 32.9. The molecular formula is C37H29F3N2O5. The highest BCUT2D eigenvalue weighted by Crippen LogP contribution is 2.30. The van der Waals surface area contributed by atoms with E-state index in [9.17, 15) is 27.6 Å². The number of amides is 1. The van der Waals surface area contributed by atoms with E-state index in [-0.39, 0.29) is 36.6 Å². The lowest BCUT2D eigenvalue weighted by Gasteiger charge is -2.19. The van der Waals surface area contributed by atoms with Gasteiger partial charge < -0.3 is 19.4 Å². The van der Waals surface area contributed by atoms with Gasteiger partial charge in [0.25, 0.3) is 5.56 Å². The van der Waals surface area contributed by atoms with Crippen molar-refractivity contribution in [3.8, 4) is 11.5 Å². The molecular weight excluding hydrogens is 609 g/mol. The maximum Gasteiger partial charge on any atom is 0.261 e. The third kappa shape index (κ3) is 7.44. The Hall–Kier alpha value is -5.64. The molecule has 1 N–H and O–H groups in total. The lowest BCUT2D eigenvalue weighted by molar-refractivity contribution is -0.115. The number of ether oxygens (including phenoxy) is 2. The van der Waals surface area contributed by atoms with Crippen molar-refractivity contribution in [1.82, 2.24) is 4.57 Å². The predicted octanol–water partition coefficient (Wildman–Crippen LogP) is 6.82. The molecule has 0 spiro atoms. The lowest BCUT2D eigenvalue weighted by Crippen LogP contribution is -2.27. The summed E-state index contributed by atoms with van der Waals surface area (Å²) in [5, 5.41) is 2.79. The van der Waals surface area contributed by atoms with E-state index in [1.165, 1.54) is 18.3 Å². The van der Waals surface area contributed by atoms with Gasteiger partial charge in [-0.05, 0) is 64.7 Å². The van der Waals surface area contributed by atoms with Crippen LogP contribution in [0.3, 0.4) is 0 Å². The van der Waals surface area contributed by atoms with Crippen molar-refractivity contribution < 1.29 is 32.2 Å². The van der Waals surface area contributed by atoms with Gasteiger partial charge in [0.05, 0.1) is 25.1 Å². The molecule has 0 saturated heterocycles. The average molecular weight is 639 g/mol. The maximum absolute atomic E-state index is 13.8. The van der Waals surface area contributed by atoms with Crippen LogP contribution in [0.1, 0.15) is 45.0 Å². The van der Waals surface area contributed by atoms with Gasteiger partial charge >= 0.3 is 0 Å². The van der Waals surface area contributed by atoms with Crippen LogP contribution in [-0.2, 0) is 24.4 Å². The van der Waals surface area contributed by atoms with Gasteiger partial charge in [0.15, 0.2) is 23.2 Å². The summed E-state index contributed by atoms with van der Waals surface area (Å²) in [6, 6.07) is 26.8. The molecule has 10 heteroatoms. The minimum absolute atomic E-state index is 0.0273. The molecule has 0 radical (unpaired) electrons. The van der Waals surface area contributed by atoms with E-state index in [0.717, 1.165) is 33.4 Å². The first-order valence-corrected chi connectivity index (χ1v) is 14.9. The third-order valence-corrected chi connectivity index (χ3v) is 7.91. The van der Waals surface area contributed by atoms with Crippen LogP contribution in [0.25, 0.3) is 0 Å². The summed E-state index contributed by atoms with van der Waals surface area (Å²) in [6.45, 7) is 0.204. The molecule has 0 fully saturated rings. The molecule has 1 amide bonds. The van der Waals surface area contributed by atoms with Gasteiger partial charge in [-0.2, -0.15) is 0 Å². The van der Waals surface area contributed by atoms with Crippen LogP contribution in [0, 0.1) is 17.5 Å². The molecule has 2 heterocycles. The number of benzene rings is 4. The number of aromatic nitrogens is 1. The molecule has 238 valence electrons. The summed E-state index contributed by atoms with van der Waals surface area (Å²) in [5.41, 5.74) is 2.59. The van der Waals surface area contributed by atoms with E-state index in [4.69, 9.17) is 9.47 Å². The first-order valence-electron chi connectivity index (χ1n) is 14.9. The number of anilines is 1. The number of fused-ring (bicyclic) bond motifs is 1. The van der Waals surface area contributed by atoms with Crippen LogP contribution in [0.15, 0.2) is 108 Å². The van der Waals surface area contributed by atoms with Crippen molar-refractivity contribution in [2.24, 2.45) is 0 Å². The second-order valence-corrected chi connectivity index (χ2v) is 11.3. The standard InChI is InChI=1S/C37H29F3N2O5/c38-31-15-24(16-32(39)36(31)40)20-42-14-4-7-30(37(42)45)34(43)17-27(22-47-29-13-10-26-18-35(44)41-33(26)19-29)25-8-11-28(12-9-25)46-21-23-5-2-1-3-6-23/h1-16,19,27H,17-18,20-22H2,(H,41,44)/t27-/m0/s1. The molecule has 0 unspecified atom stereocenters. The van der Waals surface area contributed by atoms with Gasteiger partial charge in [-0.3, -0.25) is 14.4 Å². The fourth-order valence-corrected chi connectivity index (χ4v) is 5.43. The van der Waals surface area contributed by atoms with Crippen molar-refractivity contribution in [1.29, 1.82) is 0 Å². The van der Waals surface area contributed by atoms with Crippen molar-refractivity contribution in [2.45, 2.75) is 31.9 Å². The normalized spacial score (nSPS) is 12.7. The highest BCUT2D eigenvalue weighted by atomic mass is 19.2. The monoisotopic (exact) mass is 638 g/mol. The van der Waals surface area contributed by atoms with E-state index in [1.807, 2.05) is 48.5 Å². The van der Waals surface area contributed by atoms with Crippen molar-refractivity contribution in [3.05, 3.63) is 159 Å². The number of nitrogens with one attached hydrogen (secondary N) is 1. The molecule has 1 aromatic heterocycles. The number of Topliss-reactive ketones (excluding diaryl/α,β-unsaturated/α-hetero) is 1. The van der Waals surface area contributed by atoms with Crippen LogP contribution >= 0.6 is 0 Å². The molecule has 5 aromatic rings. The number of carbonyl (C=O) groups excluding carboxylic acids is 2. The molecule has 6 rings (SSSR count). The number of ketones is 1. The van der Waals surface area contributed by atoms with Crippen LogP contribution in [0.4, 0.5) is 18.9 Å². The van der Waals surface area contributed by atoms with Crippen molar-refractivity contribution in [3.63, 3.8) is 0 Å². The summed E-state index contributed by atoms with van der Waals surface area (Å²) in [4.78, 5) is 38.7. The number of halogens is 3. The Kier molecular flexibility index (Phi) is 9.19. The summed E-state index contributed by atoms with van der Waals surface area (Å²) in [5.74, 6) is -4.24. The fourth-order valence-electron chi connectivity index (χ4n) is 5.43. The molecule has 1 atom stereocenters. The zero-order valence-electron chi connectivity index (χ0n) is 25.1. The second-order valence-electron chi connectivity index (χ2n) is 11.3. The fraction of sp³-hybridized carbons (Fsp3) is 0.162. The van der Waals surface area contributed by atoms with Gasteiger partial charge in [-0.1, -0.05) is 48.5 Å². The Morgan fingerprint density at radius 2 is 1.53 bits per heavy atom. The van der Waals surface area contributed by atoms with E-state index < -0.39 is 34.7 Å². The first-order chi connectivity index (χ1) is 22.7. The Bertz CT molecular complexity index is 1970. The topological polar surface area (TPSA) is 86.6 Å². The number of pyridine rings is 1. The number of rotatable bonds is 12. The third-order valence-electron chi connectivity index (χ3n) is 7.91. The zero-order valence-corrected chi connectivity index (χ0v) is 25.1. The van der Waals surface area contributed by atoms with Gasteiger partial charge in [-0.25, -0.2) is 13.2 Å². The molecule has 1 aliphatic rings. The van der Waals surface area contributed by atoms with Gasteiger partial charge in [0.1, 0.15) is 18.1 Å². The predicted molar refractivity (Wildman–Crippen MR) is 169 cm³/mol. The van der Waals surface area contributed by atoms with E-state index >= 15 is 0 Å². The van der Waals surface area contributed by atoms with Crippen molar-refractivity contribution in [2.75, 3.05) is 11.9 Å². The van der Waals surface area contributed by atoms with Crippen molar-refractivity contribution >= 4 is 17.4 Å². The number of nitrogens with zero attached hydrogens (tertiary/aromatic N) is 1. The van der Waals surface area contributed by atoms with Gasteiger partial charge in [0, 0.05) is 30.3 Å². The molecule has 4 aromatic carbocycles. The van der Waals surface area contributed by atoms with Gasteiger partial charge in [-0.15, -0.1) is 0 Å². The summed E-state index contributed by atoms with van der Waals surface area (Å²) < 4.78 is 54.2. The van der Waals surface area contributed by atoms with Crippen LogP contribution in [-0.4, -0.2) is 22.9 Å². The van der Waals surface area contributed by atoms with Crippen LogP contribution in [0.5, 0.6) is 11.5 Å². The maximum atomic E-state index is 13.8. The minimum Gasteiger partial charge on any atom is -0.493 e. The Morgan fingerprint density at radius 3 is 2.28 bits per heavy atom. The lowest BCUT2D eigenvalue weighted by atomic mass is 9.92. The summed E-state index contributed by atoms with van der Waals surface area (Å²) in [6.07, 6.45) is 1.59. The Balaban J connectivity index is 1.21. The molecule has 0 aliphatic carbocycles. The molecule has 47 heavy (non-hydrogen) atoms. The van der Waals surface area contributed by atoms with E-state index in [2.05, 4.69) is 5.32 Å². The number of hydrogen-bond donors (Lipinski definition) is 1. The minimum atomic E-state index is -1.60. The SMILES string of the molecule is O=C1Cc2ccc(OC[C@H](CC(=O)c3cccn(Cc4cc(F)c(F)c(F)c4)c3=O)c3ccc(OCc4ccccc4)cc3)cc2N1. The largest absolute Gasteiger partial charge is 0.493 e. The Morgan fingerprint density at radius 1 is 0.809 bits per heavy atom. The summed E-state index contributed by atoms with van der Waals surface area (Å²) >= 11 is 0. The van der Waals surface area contributed by atoms with E-state index in [1.54, 1.807) is 24.3 Å². The Labute approximate surface area is 268 Å². The molecule has 1 aliphatic heterocycles. The highest BCUT2D eigenvalue weighted by Gasteiger charge is 2.23. The van der Waals surface area contributed by atoms with Gasteiger partial charge in [0.2, 0.25) is 5.91 Å². The number of hydrogen-bond acceptors (Lipinski definition) is 5. The van der Waals surface area contributed by atoms with E-state index in [0.29, 0.717) is 30.2 Å². The number of carbonyl (C=O) groups is 2. The quantitative estimate of drug-likeness (QED) is 0.120. The second kappa shape index (κ2) is 13.8.